The van der Waals surface area contributed by atoms with Crippen molar-refractivity contribution >= 4 is 17.2 Å². The number of ether oxygens (including phenoxy) is 1. The van der Waals surface area contributed by atoms with Crippen LogP contribution in [0.2, 0.25) is 0 Å². The normalized spacial score (nSPS) is 19.2. The van der Waals surface area contributed by atoms with Crippen LogP contribution in [0.3, 0.4) is 0 Å². The summed E-state index contributed by atoms with van der Waals surface area (Å²) in [5, 5.41) is 3.01. The van der Waals surface area contributed by atoms with E-state index in [0.29, 0.717) is 0 Å². The highest BCUT2D eigenvalue weighted by molar-refractivity contribution is 7.14. The number of nitrogens with one attached hydrogen (secondary N) is 1. The zero-order chi connectivity index (χ0) is 18.9. The number of piperidine rings is 1. The molecule has 2 aliphatic rings. The number of rotatable bonds is 4. The van der Waals surface area contributed by atoms with E-state index in [0.717, 1.165) is 50.4 Å². The molecule has 1 saturated heterocycles. The van der Waals surface area contributed by atoms with Gasteiger partial charge in [-0.3, -0.25) is 14.7 Å². The number of carbonyl (C=O) groups is 1. The van der Waals surface area contributed by atoms with Crippen molar-refractivity contribution in [3.8, 4) is 0 Å². The van der Waals surface area contributed by atoms with Crippen LogP contribution in [0.5, 0.6) is 0 Å². The summed E-state index contributed by atoms with van der Waals surface area (Å²) in [4.78, 5) is 21.2. The zero-order valence-electron chi connectivity index (χ0n) is 16.0. The molecule has 0 aromatic carbocycles. The fourth-order valence-electron chi connectivity index (χ4n) is 4.06. The van der Waals surface area contributed by atoms with Crippen LogP contribution in [-0.2, 0) is 23.3 Å². The highest BCUT2D eigenvalue weighted by Gasteiger charge is 2.42. The maximum absolute atomic E-state index is 12.4. The van der Waals surface area contributed by atoms with E-state index in [4.69, 9.17) is 4.74 Å². The Morgan fingerprint density at radius 1 is 1.41 bits per heavy atom. The summed E-state index contributed by atoms with van der Waals surface area (Å²) in [6.45, 7) is 7.67. The van der Waals surface area contributed by atoms with Crippen LogP contribution in [0.15, 0.2) is 30.6 Å². The van der Waals surface area contributed by atoms with E-state index in [-0.39, 0.29) is 17.6 Å². The van der Waals surface area contributed by atoms with E-state index in [1.807, 2.05) is 32.3 Å². The first-order valence-electron chi connectivity index (χ1n) is 9.75. The van der Waals surface area contributed by atoms with Gasteiger partial charge in [-0.05, 0) is 56.4 Å². The summed E-state index contributed by atoms with van der Waals surface area (Å²) in [5.41, 5.74) is 2.35. The molecule has 144 valence electrons. The van der Waals surface area contributed by atoms with Gasteiger partial charge in [-0.25, -0.2) is 0 Å². The zero-order valence-corrected chi connectivity index (χ0v) is 16.8. The van der Waals surface area contributed by atoms with Crippen molar-refractivity contribution in [2.45, 2.75) is 51.3 Å². The van der Waals surface area contributed by atoms with Gasteiger partial charge in [0.05, 0.1) is 11.5 Å². The van der Waals surface area contributed by atoms with Crippen LogP contribution in [-0.4, -0.2) is 41.5 Å². The third kappa shape index (κ3) is 3.93. The molecule has 0 unspecified atom stereocenters. The molecule has 1 spiro atoms. The Morgan fingerprint density at radius 3 is 2.93 bits per heavy atom. The molecule has 0 atom stereocenters. The Hall–Kier alpha value is -1.76. The highest BCUT2D eigenvalue weighted by atomic mass is 32.1. The molecule has 1 amide bonds. The first-order chi connectivity index (χ1) is 13.1. The first-order valence-corrected chi connectivity index (χ1v) is 10.6. The molecule has 1 N–H and O–H groups in total. The molecule has 2 aliphatic heterocycles. The predicted molar refractivity (Wildman–Crippen MR) is 107 cm³/mol. The molecule has 0 saturated carbocycles. The fraction of sp³-hybridized carbons (Fsp3) is 0.524. The lowest BCUT2D eigenvalue weighted by Crippen LogP contribution is -2.45. The standard InChI is InChI=1S/C21H27N3O2S/c1-15(2)23-20(25)18-12-17-5-11-26-21(19(17)27-18)6-9-24(10-7-21)14-16-4-3-8-22-13-16/h3-4,8,12-13,15H,5-7,9-11,14H2,1-2H3,(H,23,25). The predicted octanol–water partition coefficient (Wildman–Crippen LogP) is 3.35. The number of hydrogen-bond donors (Lipinski definition) is 1. The number of nitrogens with zero attached hydrogens (tertiary/aromatic N) is 2. The summed E-state index contributed by atoms with van der Waals surface area (Å²) in [6.07, 6.45) is 6.62. The minimum atomic E-state index is -0.208. The smallest absolute Gasteiger partial charge is 0.261 e. The van der Waals surface area contributed by atoms with Crippen LogP contribution in [0.25, 0.3) is 0 Å². The number of amides is 1. The van der Waals surface area contributed by atoms with Crippen molar-refractivity contribution in [1.82, 2.24) is 15.2 Å². The molecular formula is C21H27N3O2S. The Bertz CT molecular complexity index is 795. The van der Waals surface area contributed by atoms with Crippen LogP contribution in [0.1, 0.15) is 52.4 Å². The Labute approximate surface area is 164 Å². The van der Waals surface area contributed by atoms with Crippen molar-refractivity contribution in [2.75, 3.05) is 19.7 Å². The molecule has 5 nitrogen and oxygen atoms in total. The van der Waals surface area contributed by atoms with E-state index >= 15 is 0 Å². The fourth-order valence-corrected chi connectivity index (χ4v) is 5.37. The van der Waals surface area contributed by atoms with Crippen molar-refractivity contribution in [2.24, 2.45) is 0 Å². The van der Waals surface area contributed by atoms with E-state index < -0.39 is 0 Å². The van der Waals surface area contributed by atoms with Crippen molar-refractivity contribution < 1.29 is 9.53 Å². The molecule has 0 radical (unpaired) electrons. The molecule has 4 heterocycles. The average molecular weight is 386 g/mol. The minimum absolute atomic E-state index is 0.0357. The number of pyridine rings is 1. The Balaban J connectivity index is 1.48. The van der Waals surface area contributed by atoms with E-state index in [1.165, 1.54) is 16.0 Å². The first kappa shape index (κ1) is 18.6. The number of hydrogen-bond acceptors (Lipinski definition) is 5. The summed E-state index contributed by atoms with van der Waals surface area (Å²) >= 11 is 1.63. The van der Waals surface area contributed by atoms with Crippen LogP contribution in [0.4, 0.5) is 0 Å². The SMILES string of the molecule is CC(C)NC(=O)c1cc2c(s1)C1(CCN(Cc3cccnc3)CC1)OCC2. The third-order valence-corrected chi connectivity index (χ3v) is 6.77. The summed E-state index contributed by atoms with van der Waals surface area (Å²) < 4.78 is 6.35. The average Bonchev–Trinajstić information content (AvgIpc) is 3.10. The second kappa shape index (κ2) is 7.70. The van der Waals surface area contributed by atoms with Crippen LogP contribution >= 0.6 is 11.3 Å². The second-order valence-electron chi connectivity index (χ2n) is 7.82. The lowest BCUT2D eigenvalue weighted by atomic mass is 9.85. The maximum atomic E-state index is 12.4. The van der Waals surface area contributed by atoms with Crippen molar-refractivity contribution in [3.63, 3.8) is 0 Å². The Morgan fingerprint density at radius 2 is 2.22 bits per heavy atom. The number of carbonyl (C=O) groups excluding carboxylic acids is 1. The van der Waals surface area contributed by atoms with Crippen LogP contribution in [0, 0.1) is 0 Å². The van der Waals surface area contributed by atoms with Crippen LogP contribution < -0.4 is 5.32 Å². The molecule has 1 fully saturated rings. The molecule has 6 heteroatoms. The van der Waals surface area contributed by atoms with E-state index in [9.17, 15) is 4.79 Å². The Kier molecular flexibility index (Phi) is 5.30. The minimum Gasteiger partial charge on any atom is -0.369 e. The van der Waals surface area contributed by atoms with Gasteiger partial charge in [0.2, 0.25) is 0 Å². The number of likely N-dealkylation sites (tertiary alicyclic amines) is 1. The van der Waals surface area contributed by atoms with Gasteiger partial charge >= 0.3 is 0 Å². The summed E-state index contributed by atoms with van der Waals surface area (Å²) in [6, 6.07) is 6.36. The van der Waals surface area contributed by atoms with Gasteiger partial charge in [-0.1, -0.05) is 6.07 Å². The molecule has 4 rings (SSSR count). The molecule has 2 aromatic heterocycles. The highest BCUT2D eigenvalue weighted by Crippen LogP contribution is 2.45. The lowest BCUT2D eigenvalue weighted by Gasteiger charge is -2.43. The molecule has 2 aromatic rings. The molecule has 27 heavy (non-hydrogen) atoms. The largest absolute Gasteiger partial charge is 0.369 e. The molecule has 0 aliphatic carbocycles. The van der Waals surface area contributed by atoms with Gasteiger partial charge in [0.15, 0.2) is 0 Å². The maximum Gasteiger partial charge on any atom is 0.261 e. The number of aromatic nitrogens is 1. The van der Waals surface area contributed by atoms with Gasteiger partial charge in [0.25, 0.3) is 5.91 Å². The topological polar surface area (TPSA) is 54.5 Å². The second-order valence-corrected chi connectivity index (χ2v) is 8.88. The number of fused-ring (bicyclic) bond motifs is 2. The summed E-state index contributed by atoms with van der Waals surface area (Å²) in [7, 11) is 0. The van der Waals surface area contributed by atoms with Gasteiger partial charge in [-0.2, -0.15) is 0 Å². The van der Waals surface area contributed by atoms with E-state index in [1.54, 1.807) is 11.3 Å². The monoisotopic (exact) mass is 385 g/mol. The third-order valence-electron chi connectivity index (χ3n) is 5.41. The summed E-state index contributed by atoms with van der Waals surface area (Å²) in [5.74, 6) is 0.0357. The lowest BCUT2D eigenvalue weighted by molar-refractivity contribution is -0.0960. The van der Waals surface area contributed by atoms with Gasteiger partial charge in [-0.15, -0.1) is 11.3 Å². The van der Waals surface area contributed by atoms with Gasteiger partial charge in [0.1, 0.15) is 5.60 Å². The van der Waals surface area contributed by atoms with Crippen molar-refractivity contribution in [3.05, 3.63) is 51.5 Å². The molecular weight excluding hydrogens is 358 g/mol. The molecule has 0 bridgehead atoms. The van der Waals surface area contributed by atoms with Gasteiger partial charge < -0.3 is 10.1 Å². The quantitative estimate of drug-likeness (QED) is 0.877. The van der Waals surface area contributed by atoms with E-state index in [2.05, 4.69) is 27.3 Å². The van der Waals surface area contributed by atoms with Gasteiger partial charge in [0, 0.05) is 42.9 Å². The number of thiophene rings is 1. The van der Waals surface area contributed by atoms with Crippen molar-refractivity contribution in [1.29, 1.82) is 0 Å².